The molecule has 1 aliphatic carbocycles. The lowest BCUT2D eigenvalue weighted by molar-refractivity contribution is 0.187. The first-order valence-corrected chi connectivity index (χ1v) is 7.04. The van der Waals surface area contributed by atoms with E-state index >= 15 is 0 Å². The summed E-state index contributed by atoms with van der Waals surface area (Å²) in [4.78, 5) is 19.0. The molecule has 1 atom stereocenters. The number of hydrogen-bond donors (Lipinski definition) is 2. The summed E-state index contributed by atoms with van der Waals surface area (Å²) in [7, 11) is 0. The van der Waals surface area contributed by atoms with E-state index in [-0.39, 0.29) is 5.89 Å². The summed E-state index contributed by atoms with van der Waals surface area (Å²) >= 11 is 0. The van der Waals surface area contributed by atoms with Crippen LogP contribution in [0.15, 0.2) is 22.9 Å². The first-order chi connectivity index (χ1) is 10.6. The number of nitrogens with zero attached hydrogens (tertiary/aromatic N) is 3. The van der Waals surface area contributed by atoms with Crippen molar-refractivity contribution >= 4 is 6.09 Å². The lowest BCUT2D eigenvalue weighted by Gasteiger charge is -2.05. The molecule has 2 N–H and O–H groups in total. The van der Waals surface area contributed by atoms with Gasteiger partial charge in [0.05, 0.1) is 6.61 Å². The highest BCUT2D eigenvalue weighted by atomic mass is 16.5. The van der Waals surface area contributed by atoms with Gasteiger partial charge in [0, 0.05) is 17.8 Å². The zero-order valence-corrected chi connectivity index (χ0v) is 12.0. The van der Waals surface area contributed by atoms with E-state index in [2.05, 4.69) is 20.4 Å². The average Bonchev–Trinajstić information content (AvgIpc) is 3.18. The molecule has 1 fully saturated rings. The summed E-state index contributed by atoms with van der Waals surface area (Å²) in [5, 5.41) is 14.8. The quantitative estimate of drug-likeness (QED) is 0.842. The maximum absolute atomic E-state index is 10.6. The Morgan fingerprint density at radius 3 is 3.14 bits per heavy atom. The fraction of sp³-hybridized carbons (Fsp3) is 0.429. The molecule has 0 saturated heterocycles. The van der Waals surface area contributed by atoms with E-state index in [1.807, 2.05) is 0 Å². The van der Waals surface area contributed by atoms with E-state index in [4.69, 9.17) is 14.4 Å². The van der Waals surface area contributed by atoms with Crippen molar-refractivity contribution in [1.29, 1.82) is 0 Å². The molecule has 0 aromatic carbocycles. The molecule has 0 bridgehead atoms. The number of ether oxygens (including phenoxy) is 1. The number of carboxylic acid groups (broad SMARTS) is 1. The Bertz CT molecular complexity index is 668. The van der Waals surface area contributed by atoms with Crippen LogP contribution in [0.2, 0.25) is 0 Å². The van der Waals surface area contributed by atoms with Gasteiger partial charge >= 0.3 is 6.09 Å². The van der Waals surface area contributed by atoms with Crippen molar-refractivity contribution in [2.24, 2.45) is 5.92 Å². The lowest BCUT2D eigenvalue weighted by Crippen LogP contribution is -2.24. The first kappa shape index (κ1) is 14.3. The van der Waals surface area contributed by atoms with Gasteiger partial charge in [0.15, 0.2) is 0 Å². The molecule has 1 saturated carbocycles. The Morgan fingerprint density at radius 2 is 2.41 bits per heavy atom. The predicted octanol–water partition coefficient (Wildman–Crippen LogP) is 2.25. The van der Waals surface area contributed by atoms with E-state index in [1.54, 1.807) is 25.3 Å². The first-order valence-electron chi connectivity index (χ1n) is 7.04. The molecule has 1 aliphatic rings. The molecule has 2 aromatic rings. The predicted molar refractivity (Wildman–Crippen MR) is 75.3 cm³/mol. The zero-order chi connectivity index (χ0) is 15.5. The van der Waals surface area contributed by atoms with E-state index < -0.39 is 12.1 Å². The molecule has 116 valence electrons. The highest BCUT2D eigenvalue weighted by Gasteiger charge is 2.22. The standard InChI is InChI=1S/C14H16N4O4/c1-8(16-14(19)20)13-17-12(18-22-13)10-4-5-15-11(6-10)21-7-9-2-3-9/h4-6,8-9,16H,2-3,7H2,1H3,(H,19,20)/t8-/m0/s1. The van der Waals surface area contributed by atoms with Crippen LogP contribution in [-0.2, 0) is 0 Å². The molecule has 1 amide bonds. The van der Waals surface area contributed by atoms with Crippen LogP contribution in [0, 0.1) is 5.92 Å². The van der Waals surface area contributed by atoms with Crippen LogP contribution in [0.3, 0.4) is 0 Å². The van der Waals surface area contributed by atoms with Crippen LogP contribution in [-0.4, -0.2) is 32.9 Å². The second-order valence-electron chi connectivity index (χ2n) is 5.26. The number of nitrogens with one attached hydrogen (secondary N) is 1. The van der Waals surface area contributed by atoms with Crippen molar-refractivity contribution in [3.63, 3.8) is 0 Å². The number of rotatable bonds is 6. The normalized spacial score (nSPS) is 15.3. The largest absolute Gasteiger partial charge is 0.477 e. The van der Waals surface area contributed by atoms with E-state index in [1.165, 1.54) is 12.8 Å². The molecule has 2 heterocycles. The minimum Gasteiger partial charge on any atom is -0.477 e. The topological polar surface area (TPSA) is 110 Å². The van der Waals surface area contributed by atoms with Gasteiger partial charge in [-0.05, 0) is 31.7 Å². The Labute approximate surface area is 126 Å². The molecular weight excluding hydrogens is 288 g/mol. The van der Waals surface area contributed by atoms with Crippen molar-refractivity contribution in [3.05, 3.63) is 24.2 Å². The number of pyridine rings is 1. The van der Waals surface area contributed by atoms with Gasteiger partial charge in [-0.3, -0.25) is 0 Å². The van der Waals surface area contributed by atoms with Gasteiger partial charge in [0.2, 0.25) is 17.6 Å². The third-order valence-electron chi connectivity index (χ3n) is 3.31. The van der Waals surface area contributed by atoms with Gasteiger partial charge in [-0.1, -0.05) is 5.16 Å². The highest BCUT2D eigenvalue weighted by Crippen LogP contribution is 2.29. The van der Waals surface area contributed by atoms with E-state index in [0.29, 0.717) is 29.8 Å². The smallest absolute Gasteiger partial charge is 0.405 e. The molecule has 8 nitrogen and oxygen atoms in total. The van der Waals surface area contributed by atoms with Crippen LogP contribution >= 0.6 is 0 Å². The monoisotopic (exact) mass is 304 g/mol. The van der Waals surface area contributed by atoms with Crippen molar-refractivity contribution in [3.8, 4) is 17.3 Å². The third-order valence-corrected chi connectivity index (χ3v) is 3.31. The SMILES string of the molecule is C[C@H](NC(=O)O)c1nc(-c2ccnc(OCC3CC3)c2)no1. The van der Waals surface area contributed by atoms with Gasteiger partial charge in [-0.2, -0.15) is 4.98 Å². The van der Waals surface area contributed by atoms with Gasteiger partial charge in [-0.25, -0.2) is 9.78 Å². The summed E-state index contributed by atoms with van der Waals surface area (Å²) in [5.41, 5.74) is 0.707. The second kappa shape index (κ2) is 6.00. The van der Waals surface area contributed by atoms with E-state index in [0.717, 1.165) is 0 Å². The van der Waals surface area contributed by atoms with Crippen molar-refractivity contribution in [1.82, 2.24) is 20.4 Å². The number of aromatic nitrogens is 3. The Morgan fingerprint density at radius 1 is 1.59 bits per heavy atom. The van der Waals surface area contributed by atoms with Gasteiger partial charge in [-0.15, -0.1) is 0 Å². The van der Waals surface area contributed by atoms with Gasteiger partial charge < -0.3 is 19.7 Å². The Balaban J connectivity index is 1.71. The average molecular weight is 304 g/mol. The number of carbonyl (C=O) groups is 1. The van der Waals surface area contributed by atoms with Crippen LogP contribution < -0.4 is 10.1 Å². The number of hydrogen-bond acceptors (Lipinski definition) is 6. The van der Waals surface area contributed by atoms with Crippen molar-refractivity contribution in [2.45, 2.75) is 25.8 Å². The Kier molecular flexibility index (Phi) is 3.90. The van der Waals surface area contributed by atoms with Crippen molar-refractivity contribution < 1.29 is 19.2 Å². The van der Waals surface area contributed by atoms with Gasteiger partial charge in [0.25, 0.3) is 0 Å². The third kappa shape index (κ3) is 3.51. The molecule has 0 spiro atoms. The fourth-order valence-electron chi connectivity index (χ4n) is 1.89. The van der Waals surface area contributed by atoms with Crippen LogP contribution in [0.25, 0.3) is 11.4 Å². The molecule has 0 unspecified atom stereocenters. The maximum atomic E-state index is 10.6. The molecule has 0 radical (unpaired) electrons. The zero-order valence-electron chi connectivity index (χ0n) is 12.0. The summed E-state index contributed by atoms with van der Waals surface area (Å²) in [6, 6.07) is 2.91. The number of amides is 1. The minimum absolute atomic E-state index is 0.203. The van der Waals surface area contributed by atoms with Crippen LogP contribution in [0.4, 0.5) is 4.79 Å². The fourth-order valence-corrected chi connectivity index (χ4v) is 1.89. The molecule has 22 heavy (non-hydrogen) atoms. The summed E-state index contributed by atoms with van der Waals surface area (Å²) in [5.74, 6) is 1.74. The maximum Gasteiger partial charge on any atom is 0.405 e. The summed E-state index contributed by atoms with van der Waals surface area (Å²) in [6.07, 6.45) is 2.89. The molecular formula is C14H16N4O4. The molecule has 0 aliphatic heterocycles. The summed E-state index contributed by atoms with van der Waals surface area (Å²) in [6.45, 7) is 2.30. The molecule has 2 aromatic heterocycles. The summed E-state index contributed by atoms with van der Waals surface area (Å²) < 4.78 is 10.7. The van der Waals surface area contributed by atoms with Gasteiger partial charge in [0.1, 0.15) is 6.04 Å². The van der Waals surface area contributed by atoms with E-state index in [9.17, 15) is 4.79 Å². The molecule has 3 rings (SSSR count). The highest BCUT2D eigenvalue weighted by molar-refractivity contribution is 5.65. The molecule has 8 heteroatoms. The lowest BCUT2D eigenvalue weighted by atomic mass is 10.2. The van der Waals surface area contributed by atoms with Crippen LogP contribution in [0.1, 0.15) is 31.7 Å². The minimum atomic E-state index is -1.15. The van der Waals surface area contributed by atoms with Crippen LogP contribution in [0.5, 0.6) is 5.88 Å². The second-order valence-corrected chi connectivity index (χ2v) is 5.26. The Hall–Kier alpha value is -2.64. The van der Waals surface area contributed by atoms with Crippen molar-refractivity contribution in [2.75, 3.05) is 6.61 Å².